The number of hydrogen-bond acceptors (Lipinski definition) is 5. The number of thiophene rings is 1. The number of nitrogens with one attached hydrogen (secondary N) is 2. The lowest BCUT2D eigenvalue weighted by atomic mass is 10.2. The van der Waals surface area contributed by atoms with Gasteiger partial charge in [-0.2, -0.15) is 0 Å². The van der Waals surface area contributed by atoms with E-state index in [1.54, 1.807) is 11.3 Å². The smallest absolute Gasteiger partial charge is 0.258 e. The highest BCUT2D eigenvalue weighted by Gasteiger charge is 2.16. The largest absolute Gasteiger partial charge is 0.311 e. The van der Waals surface area contributed by atoms with Crippen molar-refractivity contribution in [1.29, 1.82) is 0 Å². The molecule has 1 aliphatic rings. The molecular weight excluding hydrogens is 334 g/mol. The number of hydrogen-bond donors (Lipinski definition) is 2. The molecule has 2 aromatic rings. The summed E-state index contributed by atoms with van der Waals surface area (Å²) >= 11 is 6.40. The minimum Gasteiger partial charge on any atom is -0.311 e. The molecule has 4 nitrogen and oxygen atoms in total. The fourth-order valence-corrected chi connectivity index (χ4v) is 3.89. The number of halogens is 1. The Morgan fingerprint density at radius 3 is 3.17 bits per heavy atom. The van der Waals surface area contributed by atoms with Crippen LogP contribution >= 0.6 is 38.6 Å². The number of aromatic nitrogens is 1. The Morgan fingerprint density at radius 2 is 2.44 bits per heavy atom. The molecule has 0 aromatic carbocycles. The lowest BCUT2D eigenvalue weighted by molar-refractivity contribution is 0.102. The molecule has 2 aromatic heterocycles. The minimum atomic E-state index is -0.101. The van der Waals surface area contributed by atoms with Gasteiger partial charge in [-0.15, -0.1) is 22.7 Å². The number of anilines is 1. The fourth-order valence-electron chi connectivity index (χ4n) is 1.78. The molecule has 0 bridgehead atoms. The van der Waals surface area contributed by atoms with Gasteiger partial charge in [0.25, 0.3) is 5.91 Å². The first kappa shape index (κ1) is 12.3. The van der Waals surface area contributed by atoms with Crippen LogP contribution in [0.3, 0.4) is 0 Å². The third-order valence-corrected chi connectivity index (χ3v) is 5.17. The van der Waals surface area contributed by atoms with Gasteiger partial charge in [0.15, 0.2) is 5.13 Å². The van der Waals surface area contributed by atoms with Crippen molar-refractivity contribution in [1.82, 2.24) is 10.3 Å². The molecule has 0 saturated heterocycles. The van der Waals surface area contributed by atoms with Crippen LogP contribution in [0.1, 0.15) is 20.9 Å². The Bertz CT molecular complexity index is 569. The predicted molar refractivity (Wildman–Crippen MR) is 77.5 cm³/mol. The van der Waals surface area contributed by atoms with Gasteiger partial charge in [0.05, 0.1) is 15.0 Å². The fraction of sp³-hybridized carbons (Fsp3) is 0.273. The number of nitrogens with zero attached hydrogens (tertiary/aromatic N) is 1. The van der Waals surface area contributed by atoms with Gasteiger partial charge in [0, 0.05) is 29.8 Å². The van der Waals surface area contributed by atoms with E-state index in [2.05, 4.69) is 31.5 Å². The van der Waals surface area contributed by atoms with E-state index in [-0.39, 0.29) is 5.91 Å². The molecule has 0 aliphatic carbocycles. The molecule has 0 spiro atoms. The highest BCUT2D eigenvalue weighted by molar-refractivity contribution is 9.11. The van der Waals surface area contributed by atoms with Crippen LogP contribution in [0.15, 0.2) is 15.2 Å². The molecule has 2 N–H and O–H groups in total. The molecule has 7 heteroatoms. The number of thiazole rings is 1. The van der Waals surface area contributed by atoms with E-state index in [9.17, 15) is 4.79 Å². The van der Waals surface area contributed by atoms with E-state index in [0.717, 1.165) is 29.0 Å². The zero-order chi connectivity index (χ0) is 12.5. The first-order valence-electron chi connectivity index (χ1n) is 5.47. The summed E-state index contributed by atoms with van der Waals surface area (Å²) in [5.74, 6) is -0.101. The highest BCUT2D eigenvalue weighted by Crippen LogP contribution is 2.26. The Balaban J connectivity index is 1.76. The molecular formula is C11H10BrN3OS2. The van der Waals surface area contributed by atoms with Crippen LogP contribution in [0.2, 0.25) is 0 Å². The van der Waals surface area contributed by atoms with Gasteiger partial charge in [0.1, 0.15) is 0 Å². The van der Waals surface area contributed by atoms with Crippen LogP contribution in [0.25, 0.3) is 0 Å². The topological polar surface area (TPSA) is 54.0 Å². The second-order valence-electron chi connectivity index (χ2n) is 3.91. The third kappa shape index (κ3) is 2.49. The molecule has 0 saturated carbocycles. The second-order valence-corrected chi connectivity index (χ2v) is 7.28. The SMILES string of the molecule is O=C(Nc1nc2c(s1)CNCC2)c1csc(Br)c1. The van der Waals surface area contributed by atoms with Crippen molar-refractivity contribution in [2.75, 3.05) is 11.9 Å². The van der Waals surface area contributed by atoms with E-state index >= 15 is 0 Å². The van der Waals surface area contributed by atoms with Crippen LogP contribution in [0.4, 0.5) is 5.13 Å². The summed E-state index contributed by atoms with van der Waals surface area (Å²) in [6.45, 7) is 1.81. The molecule has 0 fully saturated rings. The van der Waals surface area contributed by atoms with Crippen molar-refractivity contribution in [3.8, 4) is 0 Å². The minimum absolute atomic E-state index is 0.101. The lowest BCUT2D eigenvalue weighted by Crippen LogP contribution is -2.22. The summed E-state index contributed by atoms with van der Waals surface area (Å²) in [5.41, 5.74) is 1.78. The number of carbonyl (C=O) groups excluding carboxylic acids is 1. The maximum Gasteiger partial charge on any atom is 0.258 e. The van der Waals surface area contributed by atoms with Crippen molar-refractivity contribution in [3.05, 3.63) is 31.4 Å². The van der Waals surface area contributed by atoms with Crippen molar-refractivity contribution >= 4 is 49.6 Å². The van der Waals surface area contributed by atoms with Gasteiger partial charge < -0.3 is 5.32 Å². The Hall–Kier alpha value is -0.760. The van der Waals surface area contributed by atoms with Gasteiger partial charge in [0.2, 0.25) is 0 Å². The normalized spacial score (nSPS) is 14.3. The summed E-state index contributed by atoms with van der Waals surface area (Å²) in [5, 5.41) is 8.67. The van der Waals surface area contributed by atoms with Gasteiger partial charge in [-0.25, -0.2) is 4.98 Å². The van der Waals surface area contributed by atoms with Crippen molar-refractivity contribution in [2.45, 2.75) is 13.0 Å². The Morgan fingerprint density at radius 1 is 1.56 bits per heavy atom. The van der Waals surface area contributed by atoms with Gasteiger partial charge in [-0.05, 0) is 22.0 Å². The molecule has 0 unspecified atom stereocenters. The summed E-state index contributed by atoms with van der Waals surface area (Å²) < 4.78 is 0.954. The number of fused-ring (bicyclic) bond motifs is 1. The van der Waals surface area contributed by atoms with Gasteiger partial charge >= 0.3 is 0 Å². The van der Waals surface area contributed by atoms with Crippen LogP contribution in [0, 0.1) is 0 Å². The maximum absolute atomic E-state index is 12.0. The number of rotatable bonds is 2. The average Bonchev–Trinajstić information content (AvgIpc) is 2.94. The first-order chi connectivity index (χ1) is 8.72. The first-order valence-corrected chi connectivity index (χ1v) is 7.96. The van der Waals surface area contributed by atoms with Gasteiger partial charge in [-0.3, -0.25) is 10.1 Å². The zero-order valence-corrected chi connectivity index (χ0v) is 12.5. The van der Waals surface area contributed by atoms with E-state index < -0.39 is 0 Å². The van der Waals surface area contributed by atoms with Crippen LogP contribution in [-0.2, 0) is 13.0 Å². The summed E-state index contributed by atoms with van der Waals surface area (Å²) in [6, 6.07) is 1.81. The van der Waals surface area contributed by atoms with E-state index in [0.29, 0.717) is 10.7 Å². The van der Waals surface area contributed by atoms with Crippen LogP contribution in [-0.4, -0.2) is 17.4 Å². The lowest BCUT2D eigenvalue weighted by Gasteiger charge is -2.09. The molecule has 18 heavy (non-hydrogen) atoms. The standard InChI is InChI=1S/C11H10BrN3OS2/c12-9-3-6(5-17-9)10(16)15-11-14-7-1-2-13-4-8(7)18-11/h3,5,13H,1-2,4H2,(H,14,15,16). The average molecular weight is 344 g/mol. The molecule has 3 heterocycles. The Labute approximate surface area is 121 Å². The highest BCUT2D eigenvalue weighted by atomic mass is 79.9. The second kappa shape index (κ2) is 5.08. The molecule has 1 aliphatic heterocycles. The molecule has 1 amide bonds. The maximum atomic E-state index is 12.0. The van der Waals surface area contributed by atoms with Crippen molar-refractivity contribution < 1.29 is 4.79 Å². The molecule has 0 radical (unpaired) electrons. The van der Waals surface area contributed by atoms with Crippen molar-refractivity contribution in [2.24, 2.45) is 0 Å². The van der Waals surface area contributed by atoms with Crippen molar-refractivity contribution in [3.63, 3.8) is 0 Å². The summed E-state index contributed by atoms with van der Waals surface area (Å²) in [6.07, 6.45) is 0.936. The summed E-state index contributed by atoms with van der Waals surface area (Å²) in [7, 11) is 0. The Kier molecular flexibility index (Phi) is 3.47. The third-order valence-electron chi connectivity index (χ3n) is 2.65. The predicted octanol–water partition coefficient (Wildman–Crippen LogP) is 2.87. The van der Waals surface area contributed by atoms with E-state index in [1.807, 2.05) is 11.4 Å². The van der Waals surface area contributed by atoms with E-state index in [1.165, 1.54) is 16.2 Å². The monoisotopic (exact) mass is 343 g/mol. The van der Waals surface area contributed by atoms with E-state index in [4.69, 9.17) is 0 Å². The molecule has 3 rings (SSSR count). The van der Waals surface area contributed by atoms with Crippen LogP contribution < -0.4 is 10.6 Å². The van der Waals surface area contributed by atoms with Crippen LogP contribution in [0.5, 0.6) is 0 Å². The number of carbonyl (C=O) groups is 1. The molecule has 94 valence electrons. The molecule has 0 atom stereocenters. The zero-order valence-electron chi connectivity index (χ0n) is 9.33. The van der Waals surface area contributed by atoms with Gasteiger partial charge in [-0.1, -0.05) is 0 Å². The quantitative estimate of drug-likeness (QED) is 0.881. The number of amides is 1. The summed E-state index contributed by atoms with van der Waals surface area (Å²) in [4.78, 5) is 17.7.